The van der Waals surface area contributed by atoms with Gasteiger partial charge in [-0.25, -0.2) is 0 Å². The molecule has 2 rings (SSSR count). The highest BCUT2D eigenvalue weighted by molar-refractivity contribution is 14.1. The molecule has 2 aliphatic rings. The summed E-state index contributed by atoms with van der Waals surface area (Å²) in [6, 6.07) is 0. The zero-order valence-electron chi connectivity index (χ0n) is 9.79. The quantitative estimate of drug-likeness (QED) is 0.437. The lowest BCUT2D eigenvalue weighted by Gasteiger charge is -2.27. The van der Waals surface area contributed by atoms with Crippen molar-refractivity contribution in [2.75, 3.05) is 4.43 Å². The minimum atomic E-state index is 0.103. The lowest BCUT2D eigenvalue weighted by molar-refractivity contribution is -0.153. The number of ether oxygens (including phenoxy) is 1. The summed E-state index contributed by atoms with van der Waals surface area (Å²) in [4.78, 5) is 12.1. The third-order valence-corrected chi connectivity index (χ3v) is 5.00. The molecule has 2 atom stereocenters. The second-order valence-corrected chi connectivity index (χ2v) is 6.03. The first-order valence-electron chi connectivity index (χ1n) is 6.57. The summed E-state index contributed by atoms with van der Waals surface area (Å²) in [6.07, 6.45) is 9.95. The Balaban J connectivity index is 1.95. The molecule has 0 bridgehead atoms. The fourth-order valence-electron chi connectivity index (χ4n) is 3.07. The molecule has 0 N–H and O–H groups in total. The van der Waals surface area contributed by atoms with Gasteiger partial charge in [-0.2, -0.15) is 0 Å². The Hall–Kier alpha value is 0.200. The maximum atomic E-state index is 12.1. The van der Waals surface area contributed by atoms with Crippen LogP contribution >= 0.6 is 22.6 Å². The molecule has 0 aromatic heterocycles. The van der Waals surface area contributed by atoms with Crippen LogP contribution in [0.5, 0.6) is 0 Å². The van der Waals surface area contributed by atoms with Gasteiger partial charge in [-0.1, -0.05) is 41.9 Å². The third kappa shape index (κ3) is 3.11. The summed E-state index contributed by atoms with van der Waals surface area (Å²) in [6.45, 7) is 0. The largest absolute Gasteiger partial charge is 0.461 e. The van der Waals surface area contributed by atoms with E-state index in [4.69, 9.17) is 4.74 Å². The Kier molecular flexibility index (Phi) is 4.92. The maximum absolute atomic E-state index is 12.1. The van der Waals surface area contributed by atoms with Gasteiger partial charge in [-0.05, 0) is 38.0 Å². The number of carbonyl (C=O) groups is 1. The number of hydrogen-bond donors (Lipinski definition) is 0. The van der Waals surface area contributed by atoms with Crippen LogP contribution in [0.2, 0.25) is 0 Å². The number of rotatable bonds is 2. The van der Waals surface area contributed by atoms with Crippen molar-refractivity contribution in [2.24, 2.45) is 11.8 Å². The zero-order valence-corrected chi connectivity index (χ0v) is 11.9. The summed E-state index contributed by atoms with van der Waals surface area (Å²) in [5.74, 6) is 0.938. The second-order valence-electron chi connectivity index (χ2n) is 5.15. The van der Waals surface area contributed by atoms with E-state index in [9.17, 15) is 4.79 Å². The van der Waals surface area contributed by atoms with Gasteiger partial charge in [0.2, 0.25) is 0 Å². The number of carbonyl (C=O) groups excluding carboxylic acids is 1. The van der Waals surface area contributed by atoms with Gasteiger partial charge in [-0.15, -0.1) is 0 Å². The number of alkyl halides is 1. The molecule has 1 aliphatic carbocycles. The Bertz CT molecular complexity index is 236. The van der Waals surface area contributed by atoms with Gasteiger partial charge in [0.05, 0.1) is 5.92 Å². The molecular formula is C13H21IO2. The lowest BCUT2D eigenvalue weighted by atomic mass is 9.78. The summed E-state index contributed by atoms with van der Waals surface area (Å²) < 4.78 is 6.53. The standard InChI is InChI=1S/C13H21IO2/c14-9-11-7-4-8-12(13(15)16-11)10-5-2-1-3-6-10/h10-12H,1-9H2/t11-,12-/m1/s1. The SMILES string of the molecule is O=C1O[C@@H](CI)CCC[C@@H]1C1CCCCC1. The predicted molar refractivity (Wildman–Crippen MR) is 72.7 cm³/mol. The number of cyclic esters (lactones) is 1. The summed E-state index contributed by atoms with van der Waals surface area (Å²) in [5.41, 5.74) is 0. The van der Waals surface area contributed by atoms with Crippen LogP contribution in [0.15, 0.2) is 0 Å². The van der Waals surface area contributed by atoms with Crippen LogP contribution < -0.4 is 0 Å². The molecule has 1 saturated heterocycles. The molecule has 1 aliphatic heterocycles. The van der Waals surface area contributed by atoms with E-state index in [-0.39, 0.29) is 18.0 Å². The van der Waals surface area contributed by atoms with E-state index in [1.807, 2.05) is 0 Å². The van der Waals surface area contributed by atoms with Gasteiger partial charge < -0.3 is 4.74 Å². The van der Waals surface area contributed by atoms with E-state index in [0.717, 1.165) is 17.3 Å². The minimum Gasteiger partial charge on any atom is -0.461 e. The Morgan fingerprint density at radius 1 is 1.06 bits per heavy atom. The van der Waals surface area contributed by atoms with Crippen LogP contribution in [0, 0.1) is 11.8 Å². The molecule has 0 aromatic carbocycles. The fraction of sp³-hybridized carbons (Fsp3) is 0.923. The van der Waals surface area contributed by atoms with E-state index >= 15 is 0 Å². The van der Waals surface area contributed by atoms with E-state index < -0.39 is 0 Å². The van der Waals surface area contributed by atoms with Crippen molar-refractivity contribution in [3.05, 3.63) is 0 Å². The molecule has 1 saturated carbocycles. The van der Waals surface area contributed by atoms with Crippen LogP contribution in [-0.2, 0) is 9.53 Å². The van der Waals surface area contributed by atoms with Gasteiger partial charge in [0.15, 0.2) is 0 Å². The number of hydrogen-bond acceptors (Lipinski definition) is 2. The number of esters is 1. The molecule has 2 nitrogen and oxygen atoms in total. The van der Waals surface area contributed by atoms with Crippen molar-refractivity contribution < 1.29 is 9.53 Å². The van der Waals surface area contributed by atoms with Gasteiger partial charge in [0.25, 0.3) is 0 Å². The third-order valence-electron chi connectivity index (χ3n) is 4.02. The molecule has 92 valence electrons. The van der Waals surface area contributed by atoms with Crippen molar-refractivity contribution in [1.29, 1.82) is 0 Å². The molecule has 0 unspecified atom stereocenters. The van der Waals surface area contributed by atoms with Crippen LogP contribution in [0.1, 0.15) is 51.4 Å². The molecule has 0 aromatic rings. The van der Waals surface area contributed by atoms with Gasteiger partial charge in [0.1, 0.15) is 6.10 Å². The summed E-state index contributed by atoms with van der Waals surface area (Å²) in [7, 11) is 0. The van der Waals surface area contributed by atoms with E-state index in [1.165, 1.54) is 38.5 Å². The summed E-state index contributed by atoms with van der Waals surface area (Å²) >= 11 is 2.32. The molecule has 1 heterocycles. The zero-order chi connectivity index (χ0) is 11.4. The van der Waals surface area contributed by atoms with Crippen LogP contribution in [0.4, 0.5) is 0 Å². The molecule has 0 radical (unpaired) electrons. The van der Waals surface area contributed by atoms with Crippen LogP contribution in [0.3, 0.4) is 0 Å². The molecule has 0 spiro atoms. The Morgan fingerprint density at radius 2 is 1.81 bits per heavy atom. The highest BCUT2D eigenvalue weighted by Crippen LogP contribution is 2.35. The molecule has 0 amide bonds. The normalized spacial score (nSPS) is 33.2. The summed E-state index contributed by atoms with van der Waals surface area (Å²) in [5, 5.41) is 0. The molecule has 3 heteroatoms. The van der Waals surface area contributed by atoms with Gasteiger partial charge in [0, 0.05) is 4.43 Å². The first-order valence-corrected chi connectivity index (χ1v) is 8.10. The van der Waals surface area contributed by atoms with Crippen molar-refractivity contribution in [3.8, 4) is 0 Å². The van der Waals surface area contributed by atoms with E-state index in [2.05, 4.69) is 22.6 Å². The second kappa shape index (κ2) is 6.22. The Morgan fingerprint density at radius 3 is 2.50 bits per heavy atom. The Labute approximate surface area is 112 Å². The number of halogens is 1. The topological polar surface area (TPSA) is 26.3 Å². The molecule has 16 heavy (non-hydrogen) atoms. The first kappa shape index (κ1) is 12.7. The smallest absolute Gasteiger partial charge is 0.309 e. The lowest BCUT2D eigenvalue weighted by Crippen LogP contribution is -2.28. The molecular weight excluding hydrogens is 315 g/mol. The fourth-order valence-corrected chi connectivity index (χ4v) is 3.69. The first-order chi connectivity index (χ1) is 7.81. The van der Waals surface area contributed by atoms with Crippen LogP contribution in [0.25, 0.3) is 0 Å². The highest BCUT2D eigenvalue weighted by Gasteiger charge is 2.33. The predicted octanol–water partition coefficient (Wildman–Crippen LogP) is 3.71. The average molecular weight is 336 g/mol. The average Bonchev–Trinajstić information content (AvgIpc) is 2.52. The van der Waals surface area contributed by atoms with Gasteiger partial charge >= 0.3 is 5.97 Å². The minimum absolute atomic E-state index is 0.103. The van der Waals surface area contributed by atoms with Crippen molar-refractivity contribution in [1.82, 2.24) is 0 Å². The monoisotopic (exact) mass is 336 g/mol. The van der Waals surface area contributed by atoms with E-state index in [1.54, 1.807) is 0 Å². The van der Waals surface area contributed by atoms with Crippen molar-refractivity contribution in [2.45, 2.75) is 57.5 Å². The van der Waals surface area contributed by atoms with Gasteiger partial charge in [-0.3, -0.25) is 4.79 Å². The van der Waals surface area contributed by atoms with Crippen molar-refractivity contribution >= 4 is 28.6 Å². The van der Waals surface area contributed by atoms with Crippen LogP contribution in [-0.4, -0.2) is 16.5 Å². The van der Waals surface area contributed by atoms with E-state index in [0.29, 0.717) is 5.92 Å². The maximum Gasteiger partial charge on any atom is 0.309 e. The van der Waals surface area contributed by atoms with Crippen molar-refractivity contribution in [3.63, 3.8) is 0 Å². The highest BCUT2D eigenvalue weighted by atomic mass is 127. The molecule has 2 fully saturated rings.